The number of benzene rings is 1. The lowest BCUT2D eigenvalue weighted by atomic mass is 10.1. The van der Waals surface area contributed by atoms with Crippen molar-refractivity contribution >= 4 is 17.5 Å². The molecule has 1 heterocycles. The molecule has 0 aliphatic carbocycles. The average Bonchev–Trinajstić information content (AvgIpc) is 2.47. The Morgan fingerprint density at radius 3 is 2.43 bits per heavy atom. The molecule has 0 amide bonds. The van der Waals surface area contributed by atoms with E-state index in [1.54, 1.807) is 23.9 Å². The summed E-state index contributed by atoms with van der Waals surface area (Å²) < 4.78 is 12.7. The molecule has 3 heteroatoms. The quantitative estimate of drug-likeness (QED) is 0.762. The van der Waals surface area contributed by atoms with Gasteiger partial charge < -0.3 is 5.32 Å². The van der Waals surface area contributed by atoms with Gasteiger partial charge in [0.1, 0.15) is 5.82 Å². The molecule has 1 N–H and O–H groups in total. The zero-order valence-electron chi connectivity index (χ0n) is 8.17. The van der Waals surface area contributed by atoms with Crippen LogP contribution in [0.4, 0.5) is 4.39 Å². The predicted octanol–water partition coefficient (Wildman–Crippen LogP) is 3.20. The van der Waals surface area contributed by atoms with Gasteiger partial charge in [-0.15, -0.1) is 11.8 Å². The van der Waals surface area contributed by atoms with Crippen LogP contribution < -0.4 is 5.32 Å². The SMILES string of the molecule is CC1=C(c2ccc(F)cc2)NC(C)S1. The van der Waals surface area contributed by atoms with E-state index in [2.05, 4.69) is 19.2 Å². The van der Waals surface area contributed by atoms with Gasteiger partial charge in [0.25, 0.3) is 0 Å². The van der Waals surface area contributed by atoms with Crippen LogP contribution in [0, 0.1) is 5.82 Å². The van der Waals surface area contributed by atoms with Crippen molar-refractivity contribution in [2.45, 2.75) is 19.2 Å². The molecular formula is C11H12FNS. The van der Waals surface area contributed by atoms with E-state index >= 15 is 0 Å². The summed E-state index contributed by atoms with van der Waals surface area (Å²) in [7, 11) is 0. The van der Waals surface area contributed by atoms with E-state index in [-0.39, 0.29) is 5.82 Å². The molecule has 14 heavy (non-hydrogen) atoms. The van der Waals surface area contributed by atoms with Gasteiger partial charge in [-0.05, 0) is 43.7 Å². The fraction of sp³-hybridized carbons (Fsp3) is 0.273. The molecule has 74 valence electrons. The summed E-state index contributed by atoms with van der Waals surface area (Å²) in [6.07, 6.45) is 0. The molecule has 0 fully saturated rings. The molecule has 0 bridgehead atoms. The first kappa shape index (κ1) is 9.59. The molecule has 1 aliphatic heterocycles. The van der Waals surface area contributed by atoms with Crippen molar-refractivity contribution in [1.29, 1.82) is 0 Å². The first-order valence-electron chi connectivity index (χ1n) is 4.57. The van der Waals surface area contributed by atoms with Crippen LogP contribution in [-0.4, -0.2) is 5.37 Å². The number of allylic oxidation sites excluding steroid dienone is 1. The van der Waals surface area contributed by atoms with E-state index in [0.29, 0.717) is 5.37 Å². The Kier molecular flexibility index (Phi) is 2.50. The fourth-order valence-corrected chi connectivity index (χ4v) is 2.56. The molecule has 0 saturated heterocycles. The molecule has 1 unspecified atom stereocenters. The number of rotatable bonds is 1. The number of nitrogens with one attached hydrogen (secondary N) is 1. The highest BCUT2D eigenvalue weighted by molar-refractivity contribution is 8.04. The summed E-state index contributed by atoms with van der Waals surface area (Å²) in [4.78, 5) is 1.27. The second kappa shape index (κ2) is 3.65. The van der Waals surface area contributed by atoms with Crippen LogP contribution in [0.15, 0.2) is 29.2 Å². The second-order valence-electron chi connectivity index (χ2n) is 3.34. The molecule has 0 radical (unpaired) electrons. The van der Waals surface area contributed by atoms with E-state index in [4.69, 9.17) is 0 Å². The van der Waals surface area contributed by atoms with Crippen LogP contribution in [0.3, 0.4) is 0 Å². The van der Waals surface area contributed by atoms with E-state index in [9.17, 15) is 4.39 Å². The standard InChI is InChI=1S/C11H12FNS/c1-7-11(13-8(2)14-7)9-3-5-10(12)6-4-9/h3-6,8,13H,1-2H3. The summed E-state index contributed by atoms with van der Waals surface area (Å²) in [6, 6.07) is 6.59. The Labute approximate surface area is 87.4 Å². The molecule has 1 aromatic carbocycles. The van der Waals surface area contributed by atoms with Crippen molar-refractivity contribution in [3.05, 3.63) is 40.6 Å². The topological polar surface area (TPSA) is 12.0 Å². The molecule has 1 atom stereocenters. The zero-order chi connectivity index (χ0) is 10.1. The number of hydrogen-bond acceptors (Lipinski definition) is 2. The van der Waals surface area contributed by atoms with Gasteiger partial charge in [-0.25, -0.2) is 4.39 Å². The molecule has 1 aliphatic rings. The van der Waals surface area contributed by atoms with Gasteiger partial charge >= 0.3 is 0 Å². The fourth-order valence-electron chi connectivity index (χ4n) is 1.56. The smallest absolute Gasteiger partial charge is 0.123 e. The summed E-state index contributed by atoms with van der Waals surface area (Å²) in [5.74, 6) is -0.189. The molecule has 1 nitrogen and oxygen atoms in total. The van der Waals surface area contributed by atoms with Crippen LogP contribution in [0.5, 0.6) is 0 Å². The van der Waals surface area contributed by atoms with Crippen LogP contribution >= 0.6 is 11.8 Å². The van der Waals surface area contributed by atoms with Crippen LogP contribution in [0.1, 0.15) is 19.4 Å². The third-order valence-electron chi connectivity index (χ3n) is 2.19. The van der Waals surface area contributed by atoms with E-state index in [1.165, 1.54) is 17.0 Å². The van der Waals surface area contributed by atoms with E-state index < -0.39 is 0 Å². The maximum absolute atomic E-state index is 12.7. The average molecular weight is 209 g/mol. The Morgan fingerprint density at radius 2 is 1.93 bits per heavy atom. The summed E-state index contributed by atoms with van der Waals surface area (Å²) in [6.45, 7) is 4.20. The Morgan fingerprint density at radius 1 is 1.29 bits per heavy atom. The summed E-state index contributed by atoms with van der Waals surface area (Å²) in [5, 5.41) is 3.77. The normalized spacial score (nSPS) is 21.2. The number of hydrogen-bond donors (Lipinski definition) is 1. The monoisotopic (exact) mass is 209 g/mol. The first-order valence-corrected chi connectivity index (χ1v) is 5.45. The lowest BCUT2D eigenvalue weighted by Crippen LogP contribution is -2.15. The Balaban J connectivity index is 2.32. The van der Waals surface area contributed by atoms with Gasteiger partial charge in [0.2, 0.25) is 0 Å². The Hall–Kier alpha value is -0.960. The number of halogens is 1. The highest BCUT2D eigenvalue weighted by Gasteiger charge is 2.18. The van der Waals surface area contributed by atoms with Crippen molar-refractivity contribution in [2.75, 3.05) is 0 Å². The van der Waals surface area contributed by atoms with Crippen LogP contribution in [0.25, 0.3) is 5.70 Å². The van der Waals surface area contributed by atoms with Gasteiger partial charge in [-0.2, -0.15) is 0 Å². The van der Waals surface area contributed by atoms with Gasteiger partial charge in [-0.1, -0.05) is 0 Å². The zero-order valence-corrected chi connectivity index (χ0v) is 8.99. The maximum atomic E-state index is 12.7. The minimum absolute atomic E-state index is 0.189. The highest BCUT2D eigenvalue weighted by atomic mass is 32.2. The van der Waals surface area contributed by atoms with E-state index in [1.807, 2.05) is 0 Å². The molecular weight excluding hydrogens is 197 g/mol. The minimum Gasteiger partial charge on any atom is -0.372 e. The van der Waals surface area contributed by atoms with Crippen molar-refractivity contribution in [3.8, 4) is 0 Å². The molecule has 1 aromatic rings. The first-order chi connectivity index (χ1) is 6.66. The lowest BCUT2D eigenvalue weighted by molar-refractivity contribution is 0.627. The van der Waals surface area contributed by atoms with Gasteiger partial charge in [0.15, 0.2) is 0 Å². The largest absolute Gasteiger partial charge is 0.372 e. The molecule has 0 saturated carbocycles. The molecule has 0 spiro atoms. The molecule has 0 aromatic heterocycles. The molecule has 2 rings (SSSR count). The van der Waals surface area contributed by atoms with Gasteiger partial charge in [-0.3, -0.25) is 0 Å². The third-order valence-corrected chi connectivity index (χ3v) is 3.22. The maximum Gasteiger partial charge on any atom is 0.123 e. The predicted molar refractivity (Wildman–Crippen MR) is 59.2 cm³/mol. The van der Waals surface area contributed by atoms with Gasteiger partial charge in [0.05, 0.1) is 11.1 Å². The van der Waals surface area contributed by atoms with Gasteiger partial charge in [0, 0.05) is 4.91 Å². The minimum atomic E-state index is -0.189. The number of thioether (sulfide) groups is 1. The van der Waals surface area contributed by atoms with Crippen LogP contribution in [0.2, 0.25) is 0 Å². The van der Waals surface area contributed by atoms with Crippen LogP contribution in [-0.2, 0) is 0 Å². The van der Waals surface area contributed by atoms with Crippen molar-refractivity contribution in [3.63, 3.8) is 0 Å². The summed E-state index contributed by atoms with van der Waals surface area (Å²) in [5.41, 5.74) is 2.18. The summed E-state index contributed by atoms with van der Waals surface area (Å²) >= 11 is 1.80. The van der Waals surface area contributed by atoms with Crippen molar-refractivity contribution in [1.82, 2.24) is 5.32 Å². The van der Waals surface area contributed by atoms with Crippen molar-refractivity contribution < 1.29 is 4.39 Å². The highest BCUT2D eigenvalue weighted by Crippen LogP contribution is 2.34. The third kappa shape index (κ3) is 1.77. The van der Waals surface area contributed by atoms with Crippen molar-refractivity contribution in [2.24, 2.45) is 0 Å². The Bertz CT molecular complexity index is 369. The van der Waals surface area contributed by atoms with E-state index in [0.717, 1.165) is 11.3 Å². The second-order valence-corrected chi connectivity index (χ2v) is 4.90. The lowest BCUT2D eigenvalue weighted by Gasteiger charge is -2.07.